The molecule has 140 valence electrons. The van der Waals surface area contributed by atoms with Gasteiger partial charge in [-0.2, -0.15) is 0 Å². The number of benzene rings is 2. The van der Waals surface area contributed by atoms with Gasteiger partial charge in [-0.25, -0.2) is 4.79 Å². The molecule has 0 aromatic heterocycles. The number of rotatable bonds is 7. The Hall–Kier alpha value is -2.80. The summed E-state index contributed by atoms with van der Waals surface area (Å²) in [4.78, 5) is 36.0. The molecule has 2 aromatic rings. The molecule has 0 spiro atoms. The van der Waals surface area contributed by atoms with Crippen LogP contribution in [0.4, 0.5) is 5.69 Å². The zero-order chi connectivity index (χ0) is 19.2. The first-order valence-corrected chi connectivity index (χ1v) is 9.60. The monoisotopic (exact) mass is 384 g/mol. The molecule has 3 rings (SSSR count). The van der Waals surface area contributed by atoms with Crippen molar-refractivity contribution in [2.75, 3.05) is 17.7 Å². The first kappa shape index (κ1) is 19.0. The largest absolute Gasteiger partial charge is 0.452 e. The van der Waals surface area contributed by atoms with E-state index in [1.54, 1.807) is 30.3 Å². The zero-order valence-corrected chi connectivity index (χ0v) is 15.5. The number of para-hydroxylation sites is 1. The standard InChI is InChI=1S/C20H20N2O4S/c21-18(23)12-27-17-7-2-1-6-16(17)22-19(24)11-26-20(25)15-9-8-13-4-3-5-14(13)10-15/h1-2,6-10H,3-5,11-12H2,(H2,21,23)(H,22,24). The Kier molecular flexibility index (Phi) is 6.13. The van der Waals surface area contributed by atoms with Gasteiger partial charge in [0.05, 0.1) is 17.0 Å². The number of anilines is 1. The number of primary amides is 1. The molecule has 1 aliphatic carbocycles. The van der Waals surface area contributed by atoms with Crippen molar-refractivity contribution >= 4 is 35.2 Å². The second kappa shape index (κ2) is 8.73. The Labute approximate surface area is 161 Å². The van der Waals surface area contributed by atoms with E-state index in [4.69, 9.17) is 10.5 Å². The van der Waals surface area contributed by atoms with Gasteiger partial charge >= 0.3 is 5.97 Å². The van der Waals surface area contributed by atoms with Gasteiger partial charge in [0, 0.05) is 4.90 Å². The van der Waals surface area contributed by atoms with Gasteiger partial charge in [0.1, 0.15) is 0 Å². The van der Waals surface area contributed by atoms with Gasteiger partial charge in [-0.3, -0.25) is 9.59 Å². The van der Waals surface area contributed by atoms with Crippen LogP contribution in [0.15, 0.2) is 47.4 Å². The third-order valence-electron chi connectivity index (χ3n) is 4.20. The minimum atomic E-state index is -0.517. The van der Waals surface area contributed by atoms with Gasteiger partial charge in [-0.15, -0.1) is 11.8 Å². The van der Waals surface area contributed by atoms with Crippen molar-refractivity contribution < 1.29 is 19.1 Å². The van der Waals surface area contributed by atoms with Gasteiger partial charge < -0.3 is 15.8 Å². The molecule has 7 heteroatoms. The molecule has 0 atom stereocenters. The highest BCUT2D eigenvalue weighted by molar-refractivity contribution is 8.00. The summed E-state index contributed by atoms with van der Waals surface area (Å²) in [7, 11) is 0. The van der Waals surface area contributed by atoms with E-state index in [-0.39, 0.29) is 12.4 Å². The van der Waals surface area contributed by atoms with Crippen molar-refractivity contribution in [1.29, 1.82) is 0 Å². The predicted octanol–water partition coefficient (Wildman–Crippen LogP) is 2.55. The molecule has 3 N–H and O–H groups in total. The summed E-state index contributed by atoms with van der Waals surface area (Å²) in [5.74, 6) is -1.29. The van der Waals surface area contributed by atoms with Gasteiger partial charge in [0.2, 0.25) is 5.91 Å². The maximum Gasteiger partial charge on any atom is 0.338 e. The fraction of sp³-hybridized carbons (Fsp3) is 0.250. The van der Waals surface area contributed by atoms with Crippen molar-refractivity contribution in [1.82, 2.24) is 0 Å². The van der Waals surface area contributed by atoms with E-state index in [0.29, 0.717) is 11.3 Å². The number of thioether (sulfide) groups is 1. The van der Waals surface area contributed by atoms with Gasteiger partial charge in [-0.05, 0) is 54.7 Å². The molecule has 0 bridgehead atoms. The smallest absolute Gasteiger partial charge is 0.338 e. The molecule has 0 heterocycles. The van der Waals surface area contributed by atoms with Crippen LogP contribution in [0.1, 0.15) is 27.9 Å². The molecule has 0 fully saturated rings. The molecular formula is C20H20N2O4S. The van der Waals surface area contributed by atoms with Crippen molar-refractivity contribution in [2.45, 2.75) is 24.2 Å². The van der Waals surface area contributed by atoms with Crippen LogP contribution in [0.25, 0.3) is 0 Å². The maximum atomic E-state index is 12.2. The molecule has 1 aliphatic rings. The molecule has 0 saturated carbocycles. The number of hydrogen-bond donors (Lipinski definition) is 2. The lowest BCUT2D eigenvalue weighted by Crippen LogP contribution is -2.21. The number of nitrogens with two attached hydrogens (primary N) is 1. The quantitative estimate of drug-likeness (QED) is 0.565. The van der Waals surface area contributed by atoms with E-state index in [2.05, 4.69) is 5.32 Å². The number of carbonyl (C=O) groups is 3. The summed E-state index contributed by atoms with van der Waals surface area (Å²) >= 11 is 1.23. The fourth-order valence-corrected chi connectivity index (χ4v) is 3.69. The molecule has 0 saturated heterocycles. The Morgan fingerprint density at radius 2 is 1.85 bits per heavy atom. The third-order valence-corrected chi connectivity index (χ3v) is 5.30. The number of nitrogens with one attached hydrogen (secondary N) is 1. The summed E-state index contributed by atoms with van der Waals surface area (Å²) in [5, 5.41) is 2.69. The molecule has 6 nitrogen and oxygen atoms in total. The first-order chi connectivity index (χ1) is 13.0. The number of aryl methyl sites for hydroxylation is 2. The van der Waals surface area contributed by atoms with E-state index >= 15 is 0 Å². The Morgan fingerprint density at radius 3 is 2.67 bits per heavy atom. The van der Waals surface area contributed by atoms with Crippen molar-refractivity contribution in [2.24, 2.45) is 5.73 Å². The molecule has 27 heavy (non-hydrogen) atoms. The normalized spacial score (nSPS) is 12.3. The SMILES string of the molecule is NC(=O)CSc1ccccc1NC(=O)COC(=O)c1ccc2c(c1)CCC2. The van der Waals surface area contributed by atoms with Crippen LogP contribution in [0, 0.1) is 0 Å². The summed E-state index contributed by atoms with van der Waals surface area (Å²) < 4.78 is 5.13. The molecular weight excluding hydrogens is 364 g/mol. The van der Waals surface area contributed by atoms with Crippen LogP contribution >= 0.6 is 11.8 Å². The minimum absolute atomic E-state index is 0.111. The second-order valence-corrected chi connectivity index (χ2v) is 7.23. The van der Waals surface area contributed by atoms with Crippen LogP contribution < -0.4 is 11.1 Å². The predicted molar refractivity (Wildman–Crippen MR) is 104 cm³/mol. The lowest BCUT2D eigenvalue weighted by molar-refractivity contribution is -0.119. The van der Waals surface area contributed by atoms with Crippen molar-refractivity contribution in [3.8, 4) is 0 Å². The number of hydrogen-bond acceptors (Lipinski definition) is 5. The highest BCUT2D eigenvalue weighted by Gasteiger charge is 2.16. The first-order valence-electron chi connectivity index (χ1n) is 8.62. The maximum absolute atomic E-state index is 12.2. The van der Waals surface area contributed by atoms with Crippen LogP contribution in [-0.4, -0.2) is 30.1 Å². The van der Waals surface area contributed by atoms with E-state index in [0.717, 1.165) is 24.2 Å². The van der Waals surface area contributed by atoms with Crippen LogP contribution in [0.3, 0.4) is 0 Å². The summed E-state index contributed by atoms with van der Waals surface area (Å²) in [6.45, 7) is -0.384. The Balaban J connectivity index is 1.55. The number of carbonyl (C=O) groups excluding carboxylic acids is 3. The summed E-state index contributed by atoms with van der Waals surface area (Å²) in [6.07, 6.45) is 3.11. The Bertz CT molecular complexity index is 882. The lowest BCUT2D eigenvalue weighted by atomic mass is 10.1. The van der Waals surface area contributed by atoms with Gasteiger partial charge in [0.15, 0.2) is 6.61 Å². The van der Waals surface area contributed by atoms with E-state index in [1.807, 2.05) is 12.1 Å². The second-order valence-electron chi connectivity index (χ2n) is 6.21. The average molecular weight is 384 g/mol. The summed E-state index contributed by atoms with van der Waals surface area (Å²) in [6, 6.07) is 12.6. The molecule has 0 radical (unpaired) electrons. The highest BCUT2D eigenvalue weighted by atomic mass is 32.2. The van der Waals surface area contributed by atoms with Crippen molar-refractivity contribution in [3.05, 3.63) is 59.2 Å². The average Bonchev–Trinajstić information content (AvgIpc) is 3.13. The topological polar surface area (TPSA) is 98.5 Å². The third kappa shape index (κ3) is 5.10. The van der Waals surface area contributed by atoms with Crippen molar-refractivity contribution in [3.63, 3.8) is 0 Å². The Morgan fingerprint density at radius 1 is 1.07 bits per heavy atom. The number of amides is 2. The van der Waals surface area contributed by atoms with E-state index in [9.17, 15) is 14.4 Å². The van der Waals surface area contributed by atoms with Crippen LogP contribution in [0.5, 0.6) is 0 Å². The molecule has 2 aromatic carbocycles. The van der Waals surface area contributed by atoms with E-state index in [1.165, 1.54) is 22.9 Å². The van der Waals surface area contributed by atoms with Gasteiger partial charge in [0.25, 0.3) is 5.91 Å². The molecule has 2 amide bonds. The minimum Gasteiger partial charge on any atom is -0.452 e. The number of fused-ring (bicyclic) bond motifs is 1. The molecule has 0 aliphatic heterocycles. The number of ether oxygens (including phenoxy) is 1. The summed E-state index contributed by atoms with van der Waals surface area (Å²) in [5.41, 5.74) is 8.61. The fourth-order valence-electron chi connectivity index (χ4n) is 2.94. The van der Waals surface area contributed by atoms with Gasteiger partial charge in [-0.1, -0.05) is 18.2 Å². The zero-order valence-electron chi connectivity index (χ0n) is 14.7. The van der Waals surface area contributed by atoms with Crippen LogP contribution in [-0.2, 0) is 27.2 Å². The number of esters is 1. The lowest BCUT2D eigenvalue weighted by Gasteiger charge is -2.11. The molecule has 0 unspecified atom stereocenters. The highest BCUT2D eigenvalue weighted by Crippen LogP contribution is 2.26. The van der Waals surface area contributed by atoms with E-state index < -0.39 is 17.8 Å². The van der Waals surface area contributed by atoms with Crippen LogP contribution in [0.2, 0.25) is 0 Å².